The van der Waals surface area contributed by atoms with Crippen molar-refractivity contribution in [1.82, 2.24) is 9.59 Å². The maximum absolute atomic E-state index is 12.3. The molecule has 0 amide bonds. The normalized spacial score (nSPS) is 10.4. The van der Waals surface area contributed by atoms with Gasteiger partial charge in [0, 0.05) is 5.56 Å². The zero-order valence-corrected chi connectivity index (χ0v) is 12.8. The van der Waals surface area contributed by atoms with E-state index in [9.17, 15) is 4.79 Å². The van der Waals surface area contributed by atoms with Crippen LogP contribution in [-0.4, -0.2) is 15.6 Å². The molecule has 0 saturated heterocycles. The van der Waals surface area contributed by atoms with Crippen molar-refractivity contribution in [3.8, 4) is 11.3 Å². The summed E-state index contributed by atoms with van der Waals surface area (Å²) in [6, 6.07) is 17.4. The lowest BCUT2D eigenvalue weighted by Gasteiger charge is -2.05. The van der Waals surface area contributed by atoms with Crippen LogP contribution >= 0.6 is 11.5 Å². The van der Waals surface area contributed by atoms with Crippen LogP contribution in [0.1, 0.15) is 20.8 Å². The van der Waals surface area contributed by atoms with Crippen LogP contribution < -0.4 is 0 Å². The highest BCUT2D eigenvalue weighted by molar-refractivity contribution is 7.08. The highest BCUT2D eigenvalue weighted by atomic mass is 32.1. The first-order chi connectivity index (χ1) is 10.7. The van der Waals surface area contributed by atoms with Crippen molar-refractivity contribution in [3.05, 3.63) is 70.6 Å². The summed E-state index contributed by atoms with van der Waals surface area (Å²) in [5, 5.41) is 4.04. The third kappa shape index (κ3) is 3.20. The highest BCUT2D eigenvalue weighted by Crippen LogP contribution is 2.24. The molecule has 110 valence electrons. The van der Waals surface area contributed by atoms with Gasteiger partial charge >= 0.3 is 5.97 Å². The predicted molar refractivity (Wildman–Crippen MR) is 85.6 cm³/mol. The van der Waals surface area contributed by atoms with E-state index in [1.165, 1.54) is 0 Å². The van der Waals surface area contributed by atoms with E-state index in [1.807, 2.05) is 61.5 Å². The van der Waals surface area contributed by atoms with Gasteiger partial charge in [-0.15, -0.1) is 5.10 Å². The molecule has 0 aliphatic carbocycles. The SMILES string of the molecule is Cc1cccc(COC(=O)c2snnc2-c2ccccc2)c1. The Morgan fingerprint density at radius 3 is 2.73 bits per heavy atom. The Morgan fingerprint density at radius 2 is 1.95 bits per heavy atom. The Labute approximate surface area is 132 Å². The lowest BCUT2D eigenvalue weighted by atomic mass is 10.1. The number of carbonyl (C=O) groups excluding carboxylic acids is 1. The molecule has 4 nitrogen and oxygen atoms in total. The molecule has 0 N–H and O–H groups in total. The van der Waals surface area contributed by atoms with Gasteiger partial charge in [0.15, 0.2) is 4.88 Å². The molecule has 3 aromatic rings. The largest absolute Gasteiger partial charge is 0.457 e. The van der Waals surface area contributed by atoms with Gasteiger partial charge in [-0.1, -0.05) is 64.6 Å². The molecule has 0 aliphatic rings. The fourth-order valence-corrected chi connectivity index (χ4v) is 2.71. The average molecular weight is 310 g/mol. The fourth-order valence-electron chi connectivity index (χ4n) is 2.13. The minimum absolute atomic E-state index is 0.243. The van der Waals surface area contributed by atoms with Crippen molar-refractivity contribution in [2.45, 2.75) is 13.5 Å². The summed E-state index contributed by atoms with van der Waals surface area (Å²) < 4.78 is 9.26. The average Bonchev–Trinajstić information content (AvgIpc) is 3.03. The van der Waals surface area contributed by atoms with Gasteiger partial charge in [-0.3, -0.25) is 0 Å². The second-order valence-corrected chi connectivity index (χ2v) is 5.64. The van der Waals surface area contributed by atoms with Gasteiger partial charge in [0.2, 0.25) is 0 Å². The van der Waals surface area contributed by atoms with E-state index in [1.54, 1.807) is 0 Å². The number of aryl methyl sites for hydroxylation is 1. The third-order valence-corrected chi connectivity index (χ3v) is 3.88. The monoisotopic (exact) mass is 310 g/mol. The second-order valence-electron chi connectivity index (χ2n) is 4.88. The van der Waals surface area contributed by atoms with Crippen molar-refractivity contribution in [3.63, 3.8) is 0 Å². The molecule has 0 atom stereocenters. The Balaban J connectivity index is 1.75. The standard InChI is InChI=1S/C17H14N2O2S/c1-12-6-5-7-13(10-12)11-21-17(20)16-15(18-19-22-16)14-8-3-2-4-9-14/h2-10H,11H2,1H3. The van der Waals surface area contributed by atoms with E-state index in [0.717, 1.165) is 28.2 Å². The van der Waals surface area contributed by atoms with E-state index in [4.69, 9.17) is 4.74 Å². The first-order valence-corrected chi connectivity index (χ1v) is 7.62. The molecule has 1 heterocycles. The summed E-state index contributed by atoms with van der Waals surface area (Å²) >= 11 is 1.06. The molecule has 2 aromatic carbocycles. The van der Waals surface area contributed by atoms with Crippen LogP contribution in [0.25, 0.3) is 11.3 Å². The number of ether oxygens (including phenoxy) is 1. The second kappa shape index (κ2) is 6.49. The number of aromatic nitrogens is 2. The van der Waals surface area contributed by atoms with Crippen LogP contribution in [0.4, 0.5) is 0 Å². The van der Waals surface area contributed by atoms with Gasteiger partial charge in [0.25, 0.3) is 0 Å². The molecule has 0 fully saturated rings. The molecule has 22 heavy (non-hydrogen) atoms. The van der Waals surface area contributed by atoms with Gasteiger partial charge in [-0.2, -0.15) is 0 Å². The maximum atomic E-state index is 12.3. The molecule has 0 unspecified atom stereocenters. The Kier molecular flexibility index (Phi) is 4.25. The number of benzene rings is 2. The van der Waals surface area contributed by atoms with E-state index in [2.05, 4.69) is 9.59 Å². The molecule has 0 bridgehead atoms. The van der Waals surface area contributed by atoms with E-state index in [0.29, 0.717) is 10.6 Å². The molecular weight excluding hydrogens is 296 g/mol. The first-order valence-electron chi connectivity index (χ1n) is 6.84. The first kappa shape index (κ1) is 14.4. The minimum Gasteiger partial charge on any atom is -0.457 e. The Hall–Kier alpha value is -2.53. The van der Waals surface area contributed by atoms with E-state index < -0.39 is 5.97 Å². The van der Waals surface area contributed by atoms with Crippen molar-refractivity contribution in [2.75, 3.05) is 0 Å². The maximum Gasteiger partial charge on any atom is 0.352 e. The van der Waals surface area contributed by atoms with Crippen LogP contribution in [-0.2, 0) is 11.3 Å². The number of nitrogens with zero attached hydrogens (tertiary/aromatic N) is 2. The van der Waals surface area contributed by atoms with Crippen molar-refractivity contribution in [2.24, 2.45) is 0 Å². The zero-order chi connectivity index (χ0) is 15.4. The Bertz CT molecular complexity index is 784. The number of hydrogen-bond donors (Lipinski definition) is 0. The number of hydrogen-bond acceptors (Lipinski definition) is 5. The summed E-state index contributed by atoms with van der Waals surface area (Å²) in [5.74, 6) is -0.393. The minimum atomic E-state index is -0.393. The number of rotatable bonds is 4. The lowest BCUT2D eigenvalue weighted by molar-refractivity contribution is 0.0479. The van der Waals surface area contributed by atoms with Gasteiger partial charge in [0.05, 0.1) is 0 Å². The van der Waals surface area contributed by atoms with Crippen molar-refractivity contribution < 1.29 is 9.53 Å². The number of esters is 1. The molecule has 1 aromatic heterocycles. The molecule has 0 saturated carbocycles. The molecule has 5 heteroatoms. The van der Waals surface area contributed by atoms with Crippen molar-refractivity contribution >= 4 is 17.5 Å². The molecule has 0 spiro atoms. The number of carbonyl (C=O) groups is 1. The van der Waals surface area contributed by atoms with Crippen LogP contribution in [0.15, 0.2) is 54.6 Å². The predicted octanol–water partition coefficient (Wildman–Crippen LogP) is 3.87. The zero-order valence-electron chi connectivity index (χ0n) is 12.0. The van der Waals surface area contributed by atoms with E-state index >= 15 is 0 Å². The van der Waals surface area contributed by atoms with Gasteiger partial charge in [0.1, 0.15) is 12.3 Å². The van der Waals surface area contributed by atoms with Gasteiger partial charge < -0.3 is 4.74 Å². The van der Waals surface area contributed by atoms with Gasteiger partial charge in [-0.05, 0) is 24.0 Å². The summed E-state index contributed by atoms with van der Waals surface area (Å²) in [4.78, 5) is 12.7. The van der Waals surface area contributed by atoms with Crippen LogP contribution in [0.3, 0.4) is 0 Å². The van der Waals surface area contributed by atoms with Crippen LogP contribution in [0.5, 0.6) is 0 Å². The smallest absolute Gasteiger partial charge is 0.352 e. The van der Waals surface area contributed by atoms with Gasteiger partial charge in [-0.25, -0.2) is 4.79 Å². The fraction of sp³-hybridized carbons (Fsp3) is 0.118. The van der Waals surface area contributed by atoms with E-state index in [-0.39, 0.29) is 6.61 Å². The third-order valence-electron chi connectivity index (χ3n) is 3.17. The molecule has 3 rings (SSSR count). The summed E-state index contributed by atoms with van der Waals surface area (Å²) in [5.41, 5.74) is 3.53. The lowest BCUT2D eigenvalue weighted by Crippen LogP contribution is -2.05. The Morgan fingerprint density at radius 1 is 1.14 bits per heavy atom. The summed E-state index contributed by atoms with van der Waals surface area (Å²) in [7, 11) is 0. The van der Waals surface area contributed by atoms with Crippen molar-refractivity contribution in [1.29, 1.82) is 0 Å². The molecule has 0 aliphatic heterocycles. The molecule has 0 radical (unpaired) electrons. The highest BCUT2D eigenvalue weighted by Gasteiger charge is 2.19. The topological polar surface area (TPSA) is 52.1 Å². The quantitative estimate of drug-likeness (QED) is 0.686. The van der Waals surface area contributed by atoms with Crippen LogP contribution in [0, 0.1) is 6.92 Å². The van der Waals surface area contributed by atoms with Crippen LogP contribution in [0.2, 0.25) is 0 Å². The summed E-state index contributed by atoms with van der Waals surface area (Å²) in [6.07, 6.45) is 0. The molecular formula is C17H14N2O2S. The summed E-state index contributed by atoms with van der Waals surface area (Å²) in [6.45, 7) is 2.25.